The normalized spacial score (nSPS) is 10.6. The van der Waals surface area contributed by atoms with Crippen molar-refractivity contribution >= 4 is 12.0 Å². The van der Waals surface area contributed by atoms with Crippen molar-refractivity contribution in [2.75, 3.05) is 20.6 Å². The second-order valence-electron chi connectivity index (χ2n) is 4.14. The zero-order valence-corrected chi connectivity index (χ0v) is 9.38. The van der Waals surface area contributed by atoms with Crippen molar-refractivity contribution < 1.29 is 14.3 Å². The van der Waals surface area contributed by atoms with Gasteiger partial charge in [0.05, 0.1) is 0 Å². The molecule has 0 bridgehead atoms. The second-order valence-corrected chi connectivity index (χ2v) is 4.14. The van der Waals surface area contributed by atoms with Crippen molar-refractivity contribution in [3.63, 3.8) is 0 Å². The maximum Gasteiger partial charge on any atom is 0.408 e. The van der Waals surface area contributed by atoms with Crippen LogP contribution in [0.25, 0.3) is 0 Å². The lowest BCUT2D eigenvalue weighted by Gasteiger charge is -2.20. The van der Waals surface area contributed by atoms with Gasteiger partial charge in [-0.25, -0.2) is 4.79 Å². The fourth-order valence-electron chi connectivity index (χ4n) is 0.620. The van der Waals surface area contributed by atoms with Crippen LogP contribution in [0.5, 0.6) is 0 Å². The molecule has 2 amide bonds. The Bertz CT molecular complexity index is 219. The molecule has 0 aromatic carbocycles. The van der Waals surface area contributed by atoms with Crippen molar-refractivity contribution in [1.82, 2.24) is 10.2 Å². The van der Waals surface area contributed by atoms with Crippen LogP contribution in [0.15, 0.2) is 0 Å². The molecule has 0 saturated carbocycles. The van der Waals surface area contributed by atoms with E-state index >= 15 is 0 Å². The number of nitrogens with zero attached hydrogens (tertiary/aromatic N) is 1. The number of alkyl carbamates (subject to hydrolysis) is 1. The molecule has 0 spiro atoms. The standard InChI is InChI=1S/C9H18N2O3/c1-9(2,3)14-8(13)10-6-7(12)11(4)5/h6H2,1-5H3,(H,10,13). The summed E-state index contributed by atoms with van der Waals surface area (Å²) in [5.41, 5.74) is -0.536. The maximum absolute atomic E-state index is 11.1. The first-order chi connectivity index (χ1) is 6.22. The van der Waals surface area contributed by atoms with Gasteiger partial charge in [-0.2, -0.15) is 0 Å². The smallest absolute Gasteiger partial charge is 0.408 e. The maximum atomic E-state index is 11.1. The molecule has 0 fully saturated rings. The number of rotatable bonds is 2. The number of hydrogen-bond acceptors (Lipinski definition) is 3. The highest BCUT2D eigenvalue weighted by atomic mass is 16.6. The molecule has 0 radical (unpaired) electrons. The summed E-state index contributed by atoms with van der Waals surface area (Å²) in [6.07, 6.45) is -0.576. The van der Waals surface area contributed by atoms with Crippen LogP contribution in [0.2, 0.25) is 0 Å². The summed E-state index contributed by atoms with van der Waals surface area (Å²) >= 11 is 0. The number of nitrogens with one attached hydrogen (secondary N) is 1. The van der Waals surface area contributed by atoms with E-state index < -0.39 is 11.7 Å². The lowest BCUT2D eigenvalue weighted by molar-refractivity contribution is -0.127. The van der Waals surface area contributed by atoms with Crippen LogP contribution in [0.1, 0.15) is 20.8 Å². The molecule has 1 N–H and O–H groups in total. The molecular formula is C9H18N2O3. The van der Waals surface area contributed by atoms with E-state index in [1.54, 1.807) is 34.9 Å². The predicted octanol–water partition coefficient (Wildman–Crippen LogP) is 0.599. The quantitative estimate of drug-likeness (QED) is 0.713. The lowest BCUT2D eigenvalue weighted by atomic mass is 10.2. The van der Waals surface area contributed by atoms with Crippen LogP contribution in [-0.2, 0) is 9.53 Å². The Balaban J connectivity index is 3.81. The van der Waals surface area contributed by atoms with Gasteiger partial charge in [-0.05, 0) is 20.8 Å². The molecule has 14 heavy (non-hydrogen) atoms. The van der Waals surface area contributed by atoms with Gasteiger partial charge in [0, 0.05) is 14.1 Å². The number of ether oxygens (including phenoxy) is 1. The van der Waals surface area contributed by atoms with Gasteiger partial charge in [0.2, 0.25) is 5.91 Å². The van der Waals surface area contributed by atoms with E-state index in [9.17, 15) is 9.59 Å². The Hall–Kier alpha value is -1.26. The summed E-state index contributed by atoms with van der Waals surface area (Å²) in [5.74, 6) is -0.171. The average Bonchev–Trinajstić information content (AvgIpc) is 1.96. The highest BCUT2D eigenvalue weighted by Gasteiger charge is 2.16. The van der Waals surface area contributed by atoms with Crippen LogP contribution >= 0.6 is 0 Å². The summed E-state index contributed by atoms with van der Waals surface area (Å²) in [6, 6.07) is 0. The highest BCUT2D eigenvalue weighted by Crippen LogP contribution is 2.05. The average molecular weight is 202 g/mol. The Morgan fingerprint density at radius 3 is 2.14 bits per heavy atom. The fraction of sp³-hybridized carbons (Fsp3) is 0.778. The summed E-state index contributed by atoms with van der Waals surface area (Å²) in [6.45, 7) is 5.25. The minimum Gasteiger partial charge on any atom is -0.444 e. The van der Waals surface area contributed by atoms with Crippen LogP contribution < -0.4 is 5.32 Å². The predicted molar refractivity (Wildman–Crippen MR) is 52.9 cm³/mol. The minimum atomic E-state index is -0.576. The molecule has 5 nitrogen and oxygen atoms in total. The first kappa shape index (κ1) is 12.7. The molecule has 0 rings (SSSR count). The molecular weight excluding hydrogens is 184 g/mol. The monoisotopic (exact) mass is 202 g/mol. The van der Waals surface area contributed by atoms with Gasteiger partial charge in [0.25, 0.3) is 0 Å². The van der Waals surface area contributed by atoms with Crippen molar-refractivity contribution in [3.8, 4) is 0 Å². The lowest BCUT2D eigenvalue weighted by Crippen LogP contribution is -2.39. The molecule has 82 valence electrons. The number of carbonyl (C=O) groups excluding carboxylic acids is 2. The summed E-state index contributed by atoms with van der Waals surface area (Å²) in [4.78, 5) is 23.6. The molecule has 0 aliphatic carbocycles. The van der Waals surface area contributed by atoms with E-state index in [1.807, 2.05) is 0 Å². The van der Waals surface area contributed by atoms with Crippen LogP contribution in [0.3, 0.4) is 0 Å². The van der Waals surface area contributed by atoms with Gasteiger partial charge in [-0.3, -0.25) is 4.79 Å². The molecule has 0 atom stereocenters. The Morgan fingerprint density at radius 2 is 1.79 bits per heavy atom. The molecule has 0 heterocycles. The Labute approximate surface area is 84.4 Å². The van der Waals surface area contributed by atoms with Crippen LogP contribution in [0, 0.1) is 0 Å². The van der Waals surface area contributed by atoms with E-state index in [1.165, 1.54) is 4.90 Å². The van der Waals surface area contributed by atoms with Gasteiger partial charge in [0.1, 0.15) is 12.1 Å². The molecule has 0 unspecified atom stereocenters. The number of hydrogen-bond donors (Lipinski definition) is 1. The Morgan fingerprint density at radius 1 is 1.29 bits per heavy atom. The first-order valence-electron chi connectivity index (χ1n) is 4.39. The van der Waals surface area contributed by atoms with Gasteiger partial charge >= 0.3 is 6.09 Å². The van der Waals surface area contributed by atoms with Gasteiger partial charge in [-0.1, -0.05) is 0 Å². The summed E-state index contributed by atoms with van der Waals surface area (Å²) in [7, 11) is 3.25. The zero-order valence-electron chi connectivity index (χ0n) is 9.38. The zero-order chi connectivity index (χ0) is 11.4. The summed E-state index contributed by atoms with van der Waals surface area (Å²) < 4.78 is 4.95. The molecule has 0 aliphatic heterocycles. The minimum absolute atomic E-state index is 0.0398. The third-order valence-electron chi connectivity index (χ3n) is 1.28. The SMILES string of the molecule is CN(C)C(=O)CNC(=O)OC(C)(C)C. The van der Waals surface area contributed by atoms with Crippen LogP contribution in [-0.4, -0.2) is 43.1 Å². The van der Waals surface area contributed by atoms with E-state index in [0.717, 1.165) is 0 Å². The van der Waals surface area contributed by atoms with Crippen molar-refractivity contribution in [2.24, 2.45) is 0 Å². The van der Waals surface area contributed by atoms with Crippen LogP contribution in [0.4, 0.5) is 4.79 Å². The second kappa shape index (κ2) is 4.83. The molecule has 0 aromatic rings. The number of likely N-dealkylation sites (N-methyl/N-ethyl adjacent to an activating group) is 1. The molecule has 0 aliphatic rings. The van der Waals surface area contributed by atoms with Crippen molar-refractivity contribution in [1.29, 1.82) is 0 Å². The number of carbonyl (C=O) groups is 2. The summed E-state index contributed by atoms with van der Waals surface area (Å²) in [5, 5.41) is 2.37. The number of amides is 2. The molecule has 5 heteroatoms. The van der Waals surface area contributed by atoms with Gasteiger partial charge < -0.3 is 15.0 Å². The largest absolute Gasteiger partial charge is 0.444 e. The highest BCUT2D eigenvalue weighted by molar-refractivity contribution is 5.81. The Kier molecular flexibility index (Phi) is 4.40. The van der Waals surface area contributed by atoms with Gasteiger partial charge in [-0.15, -0.1) is 0 Å². The first-order valence-corrected chi connectivity index (χ1v) is 4.39. The van der Waals surface area contributed by atoms with Crippen molar-refractivity contribution in [2.45, 2.75) is 26.4 Å². The third kappa shape index (κ3) is 6.28. The third-order valence-corrected chi connectivity index (χ3v) is 1.28. The van der Waals surface area contributed by atoms with Gasteiger partial charge in [0.15, 0.2) is 0 Å². The molecule has 0 aromatic heterocycles. The van der Waals surface area contributed by atoms with E-state index in [-0.39, 0.29) is 12.5 Å². The fourth-order valence-corrected chi connectivity index (χ4v) is 0.620. The van der Waals surface area contributed by atoms with E-state index in [4.69, 9.17) is 4.74 Å². The van der Waals surface area contributed by atoms with E-state index in [0.29, 0.717) is 0 Å². The topological polar surface area (TPSA) is 58.6 Å². The molecule has 0 saturated heterocycles. The van der Waals surface area contributed by atoms with Crippen molar-refractivity contribution in [3.05, 3.63) is 0 Å². The van der Waals surface area contributed by atoms with E-state index in [2.05, 4.69) is 5.32 Å².